The second-order valence-corrected chi connectivity index (χ2v) is 8.47. The number of hydrogen-bond donors (Lipinski definition) is 3. The van der Waals surface area contributed by atoms with E-state index in [1.807, 2.05) is 30.3 Å². The highest BCUT2D eigenvalue weighted by Crippen LogP contribution is 2.28. The predicted octanol–water partition coefficient (Wildman–Crippen LogP) is 2.99. The monoisotopic (exact) mass is 457 g/mol. The summed E-state index contributed by atoms with van der Waals surface area (Å²) in [5.74, 6) is 0.416. The van der Waals surface area contributed by atoms with Gasteiger partial charge in [0.15, 0.2) is 5.65 Å². The van der Waals surface area contributed by atoms with Gasteiger partial charge >= 0.3 is 6.03 Å². The quantitative estimate of drug-likeness (QED) is 0.424. The van der Waals surface area contributed by atoms with E-state index in [0.717, 1.165) is 24.1 Å². The lowest BCUT2D eigenvalue weighted by Crippen LogP contribution is -2.52. The number of imidazole rings is 1. The Bertz CT molecular complexity index is 1460. The number of ether oxygens (including phenoxy) is 1. The maximum Gasteiger partial charge on any atom is 0.328 e. The van der Waals surface area contributed by atoms with Crippen molar-refractivity contribution in [1.29, 1.82) is 0 Å². The van der Waals surface area contributed by atoms with Crippen molar-refractivity contribution in [3.8, 4) is 5.69 Å². The van der Waals surface area contributed by atoms with Gasteiger partial charge in [0.1, 0.15) is 23.3 Å². The van der Waals surface area contributed by atoms with Crippen LogP contribution < -0.4 is 21.5 Å². The number of pyridine rings is 2. The van der Waals surface area contributed by atoms with Crippen LogP contribution in [0.1, 0.15) is 18.4 Å². The van der Waals surface area contributed by atoms with E-state index in [0.29, 0.717) is 35.0 Å². The van der Waals surface area contributed by atoms with Gasteiger partial charge in [-0.25, -0.2) is 19.3 Å². The molecule has 172 valence electrons. The van der Waals surface area contributed by atoms with Gasteiger partial charge in [-0.15, -0.1) is 0 Å². The largest absolute Gasteiger partial charge is 0.386 e. The molecule has 3 aromatic heterocycles. The van der Waals surface area contributed by atoms with Gasteiger partial charge in [-0.05, 0) is 36.6 Å². The number of aromatic nitrogens is 4. The SMILES string of the molecule is CNc1cc2nc3c1ncn3C(=O)N[C@@H]1CC[C@H]1OCc1cc(c(=O)n(-c3ccccc3)c1)N2. The molecule has 34 heavy (non-hydrogen) atoms. The fraction of sp³-hybridized carbons (Fsp3) is 0.250. The van der Waals surface area contributed by atoms with E-state index < -0.39 is 0 Å². The molecule has 6 rings (SSSR count). The number of carbonyl (C=O) groups excluding carboxylic acids is 1. The highest BCUT2D eigenvalue weighted by molar-refractivity contribution is 5.94. The van der Waals surface area contributed by atoms with Gasteiger partial charge in [-0.1, -0.05) is 18.2 Å². The van der Waals surface area contributed by atoms with Crippen molar-refractivity contribution in [3.63, 3.8) is 0 Å². The zero-order chi connectivity index (χ0) is 23.2. The zero-order valence-electron chi connectivity index (χ0n) is 18.5. The Morgan fingerprint density at radius 3 is 2.74 bits per heavy atom. The molecule has 2 aliphatic rings. The molecule has 4 bridgehead atoms. The minimum Gasteiger partial charge on any atom is -0.386 e. The number of rotatable bonds is 2. The van der Waals surface area contributed by atoms with Crippen LogP contribution in [-0.4, -0.2) is 44.3 Å². The summed E-state index contributed by atoms with van der Waals surface area (Å²) >= 11 is 0. The summed E-state index contributed by atoms with van der Waals surface area (Å²) < 4.78 is 9.13. The van der Waals surface area contributed by atoms with Crippen molar-refractivity contribution in [3.05, 3.63) is 70.9 Å². The lowest BCUT2D eigenvalue weighted by molar-refractivity contribution is -0.0324. The van der Waals surface area contributed by atoms with Crippen LogP contribution in [0.5, 0.6) is 0 Å². The van der Waals surface area contributed by atoms with Crippen LogP contribution in [0.4, 0.5) is 22.0 Å². The number of nitrogens with zero attached hydrogens (tertiary/aromatic N) is 4. The first-order valence-electron chi connectivity index (χ1n) is 11.2. The first-order valence-corrected chi connectivity index (χ1v) is 11.2. The smallest absolute Gasteiger partial charge is 0.328 e. The number of hydrogen-bond acceptors (Lipinski definition) is 7. The van der Waals surface area contributed by atoms with Gasteiger partial charge < -0.3 is 20.7 Å². The molecule has 0 saturated heterocycles. The van der Waals surface area contributed by atoms with Crippen LogP contribution in [0.3, 0.4) is 0 Å². The van der Waals surface area contributed by atoms with Gasteiger partial charge in [0.2, 0.25) is 0 Å². The van der Waals surface area contributed by atoms with E-state index in [9.17, 15) is 9.59 Å². The molecule has 0 spiro atoms. The number of carbonyl (C=O) groups is 1. The minimum atomic E-state index is -0.311. The molecule has 4 aromatic rings. The molecule has 0 radical (unpaired) electrons. The molecular weight excluding hydrogens is 434 g/mol. The van der Waals surface area contributed by atoms with Crippen molar-refractivity contribution in [1.82, 2.24) is 24.4 Å². The average molecular weight is 457 g/mol. The molecule has 4 heterocycles. The number of benzene rings is 1. The van der Waals surface area contributed by atoms with Gasteiger partial charge in [0.05, 0.1) is 24.4 Å². The highest BCUT2D eigenvalue weighted by atomic mass is 16.5. The average Bonchev–Trinajstić information content (AvgIpc) is 3.27. The molecule has 1 amide bonds. The van der Waals surface area contributed by atoms with Crippen molar-refractivity contribution in [2.75, 3.05) is 17.7 Å². The summed E-state index contributed by atoms with van der Waals surface area (Å²) in [6.07, 6.45) is 4.84. The van der Waals surface area contributed by atoms with E-state index in [4.69, 9.17) is 4.74 Å². The number of fused-ring (bicyclic) bond motifs is 4. The molecule has 2 atom stereocenters. The van der Waals surface area contributed by atoms with Crippen LogP contribution in [0.25, 0.3) is 16.9 Å². The third-order valence-corrected chi connectivity index (χ3v) is 6.35. The molecule has 1 aromatic carbocycles. The Kier molecular flexibility index (Phi) is 4.80. The van der Waals surface area contributed by atoms with Crippen LogP contribution in [-0.2, 0) is 11.3 Å². The molecule has 3 N–H and O–H groups in total. The minimum absolute atomic E-state index is 0.0996. The summed E-state index contributed by atoms with van der Waals surface area (Å²) in [5, 5.41) is 9.30. The number of anilines is 3. The molecule has 1 aliphatic carbocycles. The standard InChI is InChI=1S/C24H23N7O3/c1-25-17-10-20-27-18-9-14(11-30(23(18)32)15-5-3-2-4-6-15)12-34-19-8-7-16(19)28-24(33)31-13-26-21(17)22(31)29-20/h2-6,9-11,13,16,19H,7-8,12H2,1H3,(H,28,33)(H2,25,27,29)/t16-,19-/m1/s1. The molecule has 10 nitrogen and oxygen atoms in total. The van der Waals surface area contributed by atoms with E-state index in [-0.39, 0.29) is 23.7 Å². The Balaban J connectivity index is 1.54. The lowest BCUT2D eigenvalue weighted by Gasteiger charge is -2.36. The first-order chi connectivity index (χ1) is 16.6. The lowest BCUT2D eigenvalue weighted by atomic mass is 9.89. The fourth-order valence-corrected chi connectivity index (χ4v) is 4.38. The molecule has 1 saturated carbocycles. The third-order valence-electron chi connectivity index (χ3n) is 6.35. The van der Waals surface area contributed by atoms with Crippen molar-refractivity contribution in [2.24, 2.45) is 0 Å². The fourth-order valence-electron chi connectivity index (χ4n) is 4.38. The number of para-hydroxylation sites is 1. The van der Waals surface area contributed by atoms with Gasteiger partial charge in [-0.2, -0.15) is 0 Å². The summed E-state index contributed by atoms with van der Waals surface area (Å²) in [6.45, 7) is 0.309. The Morgan fingerprint density at radius 2 is 1.97 bits per heavy atom. The molecule has 1 aliphatic heterocycles. The van der Waals surface area contributed by atoms with E-state index >= 15 is 0 Å². The first kappa shape index (κ1) is 20.4. The number of amides is 1. The van der Waals surface area contributed by atoms with E-state index in [1.165, 1.54) is 10.9 Å². The summed E-state index contributed by atoms with van der Waals surface area (Å²) in [5.41, 5.74) is 3.37. The second-order valence-electron chi connectivity index (χ2n) is 8.47. The van der Waals surface area contributed by atoms with E-state index in [1.54, 1.807) is 29.9 Å². The van der Waals surface area contributed by atoms with E-state index in [2.05, 4.69) is 25.9 Å². The summed E-state index contributed by atoms with van der Waals surface area (Å²) in [7, 11) is 1.77. The van der Waals surface area contributed by atoms with Crippen molar-refractivity contribution < 1.29 is 9.53 Å². The second kappa shape index (κ2) is 7.99. The predicted molar refractivity (Wildman–Crippen MR) is 128 cm³/mol. The summed E-state index contributed by atoms with van der Waals surface area (Å²) in [4.78, 5) is 35.4. The number of nitrogens with one attached hydrogen (secondary N) is 3. The van der Waals surface area contributed by atoms with Gasteiger partial charge in [-0.3, -0.25) is 9.36 Å². The van der Waals surface area contributed by atoms with Crippen LogP contribution in [0, 0.1) is 0 Å². The molecular formula is C24H23N7O3. The van der Waals surface area contributed by atoms with Crippen LogP contribution in [0.15, 0.2) is 59.8 Å². The van der Waals surface area contributed by atoms with Gasteiger partial charge in [0, 0.05) is 25.0 Å². The zero-order valence-corrected chi connectivity index (χ0v) is 18.5. The Hall–Kier alpha value is -4.18. The third kappa shape index (κ3) is 3.39. The normalized spacial score (nSPS) is 19.5. The van der Waals surface area contributed by atoms with Crippen molar-refractivity contribution >= 4 is 34.4 Å². The van der Waals surface area contributed by atoms with Gasteiger partial charge in [0.25, 0.3) is 5.56 Å². The topological polar surface area (TPSA) is 115 Å². The van der Waals surface area contributed by atoms with Crippen LogP contribution >= 0.6 is 0 Å². The highest BCUT2D eigenvalue weighted by Gasteiger charge is 2.34. The van der Waals surface area contributed by atoms with Crippen molar-refractivity contribution in [2.45, 2.75) is 31.6 Å². The Morgan fingerprint density at radius 1 is 1.12 bits per heavy atom. The maximum absolute atomic E-state index is 13.4. The maximum atomic E-state index is 13.4. The Labute approximate surface area is 194 Å². The molecule has 0 unspecified atom stereocenters. The van der Waals surface area contributed by atoms with Crippen LogP contribution in [0.2, 0.25) is 0 Å². The summed E-state index contributed by atoms with van der Waals surface area (Å²) in [6, 6.07) is 12.6. The molecule has 1 fully saturated rings. The molecule has 10 heteroatoms.